The average molecular weight is 331 g/mol. The Morgan fingerprint density at radius 3 is 2.04 bits per heavy atom. The van der Waals surface area contributed by atoms with Crippen LogP contribution in [0.4, 0.5) is 0 Å². The van der Waals surface area contributed by atoms with Crippen molar-refractivity contribution in [2.75, 3.05) is 13.1 Å². The molecule has 0 atom stereocenters. The monoisotopic (exact) mass is 331 g/mol. The maximum Gasteiger partial charge on any atom is 0.346 e. The van der Waals surface area contributed by atoms with E-state index in [4.69, 9.17) is 0 Å². The van der Waals surface area contributed by atoms with Crippen molar-refractivity contribution in [2.45, 2.75) is 40.5 Å². The molecular formula is C19H25NO4. The normalized spacial score (nSPS) is 13.4. The Morgan fingerprint density at radius 2 is 1.50 bits per heavy atom. The van der Waals surface area contributed by atoms with Gasteiger partial charge in [0, 0.05) is 18.7 Å². The van der Waals surface area contributed by atoms with E-state index in [0.717, 1.165) is 12.8 Å². The van der Waals surface area contributed by atoms with Gasteiger partial charge in [0.2, 0.25) is 0 Å². The molecule has 0 spiro atoms. The fourth-order valence-corrected chi connectivity index (χ4v) is 2.54. The summed E-state index contributed by atoms with van der Waals surface area (Å²) in [5, 5.41) is 0. The molecule has 0 aliphatic carbocycles. The highest BCUT2D eigenvalue weighted by Gasteiger charge is 2.31. The van der Waals surface area contributed by atoms with Crippen LogP contribution >= 0.6 is 0 Å². The number of amides is 1. The lowest BCUT2D eigenvalue weighted by Gasteiger charge is -2.24. The van der Waals surface area contributed by atoms with Gasteiger partial charge in [-0.05, 0) is 42.9 Å². The van der Waals surface area contributed by atoms with Gasteiger partial charge in [-0.3, -0.25) is 4.79 Å². The third kappa shape index (κ3) is 4.22. The second kappa shape index (κ2) is 7.60. The summed E-state index contributed by atoms with van der Waals surface area (Å²) in [6.45, 7) is 9.88. The molecule has 0 unspecified atom stereocenters. The van der Waals surface area contributed by atoms with Crippen molar-refractivity contribution in [3.05, 3.63) is 34.9 Å². The first-order valence-electron chi connectivity index (χ1n) is 8.49. The minimum atomic E-state index is -0.680. The molecule has 5 heteroatoms. The Hall–Kier alpha value is -2.17. The van der Waals surface area contributed by atoms with Crippen molar-refractivity contribution in [2.24, 2.45) is 11.8 Å². The summed E-state index contributed by atoms with van der Waals surface area (Å²) in [6.07, 6.45) is 1.85. The van der Waals surface area contributed by atoms with Crippen LogP contribution in [0.3, 0.4) is 0 Å². The molecule has 0 fully saturated rings. The molecule has 2 rings (SSSR count). The van der Waals surface area contributed by atoms with E-state index < -0.39 is 11.9 Å². The lowest BCUT2D eigenvalue weighted by molar-refractivity contribution is 0.0443. The number of esters is 2. The second-order valence-electron chi connectivity index (χ2n) is 7.09. The standard InChI is InChI=1S/C19H25NO4/c1-12(2)7-9-20(10-8-13(3)4)17(21)14-5-6-15-16(11-14)19(23)24-18(15)22/h5-6,11-13H,7-10H2,1-4H3. The van der Waals surface area contributed by atoms with E-state index in [1.54, 1.807) is 6.07 Å². The van der Waals surface area contributed by atoms with Crippen LogP contribution in [-0.4, -0.2) is 35.8 Å². The third-order valence-corrected chi connectivity index (χ3v) is 4.13. The van der Waals surface area contributed by atoms with Gasteiger partial charge in [-0.25, -0.2) is 9.59 Å². The third-order valence-electron chi connectivity index (χ3n) is 4.13. The Labute approximate surface area is 143 Å². The van der Waals surface area contributed by atoms with E-state index in [1.165, 1.54) is 12.1 Å². The van der Waals surface area contributed by atoms with Gasteiger partial charge in [-0.1, -0.05) is 27.7 Å². The van der Waals surface area contributed by atoms with Crippen LogP contribution in [0.15, 0.2) is 18.2 Å². The zero-order chi connectivity index (χ0) is 17.9. The highest BCUT2D eigenvalue weighted by molar-refractivity contribution is 6.15. The molecule has 0 radical (unpaired) electrons. The fraction of sp³-hybridized carbons (Fsp3) is 0.526. The van der Waals surface area contributed by atoms with Gasteiger partial charge in [-0.15, -0.1) is 0 Å². The average Bonchev–Trinajstić information content (AvgIpc) is 2.80. The first-order valence-corrected chi connectivity index (χ1v) is 8.49. The molecule has 130 valence electrons. The minimum Gasteiger partial charge on any atom is -0.386 e. The summed E-state index contributed by atoms with van der Waals surface area (Å²) in [7, 11) is 0. The van der Waals surface area contributed by atoms with Gasteiger partial charge in [0.1, 0.15) is 0 Å². The van der Waals surface area contributed by atoms with Crippen molar-refractivity contribution >= 4 is 17.8 Å². The van der Waals surface area contributed by atoms with Crippen LogP contribution in [0, 0.1) is 11.8 Å². The van der Waals surface area contributed by atoms with Gasteiger partial charge >= 0.3 is 11.9 Å². The summed E-state index contributed by atoms with van der Waals surface area (Å²) < 4.78 is 4.58. The number of ether oxygens (including phenoxy) is 1. The van der Waals surface area contributed by atoms with Crippen molar-refractivity contribution < 1.29 is 19.1 Å². The Morgan fingerprint density at radius 1 is 0.958 bits per heavy atom. The summed E-state index contributed by atoms with van der Waals surface area (Å²) >= 11 is 0. The first kappa shape index (κ1) is 18.2. The lowest BCUT2D eigenvalue weighted by atomic mass is 10.0. The molecule has 1 aromatic carbocycles. The van der Waals surface area contributed by atoms with Crippen LogP contribution in [0.5, 0.6) is 0 Å². The predicted octanol–water partition coefficient (Wildman–Crippen LogP) is 3.53. The van der Waals surface area contributed by atoms with Crippen LogP contribution in [-0.2, 0) is 4.74 Å². The van der Waals surface area contributed by atoms with Crippen LogP contribution in [0.2, 0.25) is 0 Å². The van der Waals surface area contributed by atoms with Crippen molar-refractivity contribution in [3.63, 3.8) is 0 Å². The molecule has 1 amide bonds. The van der Waals surface area contributed by atoms with E-state index in [1.807, 2.05) is 4.90 Å². The van der Waals surface area contributed by atoms with Crippen LogP contribution < -0.4 is 0 Å². The summed E-state index contributed by atoms with van der Waals surface area (Å²) in [4.78, 5) is 37.9. The number of nitrogens with zero attached hydrogens (tertiary/aromatic N) is 1. The summed E-state index contributed by atoms with van der Waals surface area (Å²) in [5.74, 6) is -0.420. The van der Waals surface area contributed by atoms with Crippen LogP contribution in [0.1, 0.15) is 71.6 Å². The summed E-state index contributed by atoms with van der Waals surface area (Å²) in [5.41, 5.74) is 0.832. The smallest absolute Gasteiger partial charge is 0.346 e. The zero-order valence-corrected chi connectivity index (χ0v) is 14.8. The van der Waals surface area contributed by atoms with E-state index >= 15 is 0 Å². The minimum absolute atomic E-state index is 0.105. The molecular weight excluding hydrogens is 306 g/mol. The molecule has 0 aromatic heterocycles. The lowest BCUT2D eigenvalue weighted by Crippen LogP contribution is -2.34. The number of fused-ring (bicyclic) bond motifs is 1. The number of hydrogen-bond acceptors (Lipinski definition) is 4. The number of hydrogen-bond donors (Lipinski definition) is 0. The first-order chi connectivity index (χ1) is 11.3. The molecule has 1 aliphatic heterocycles. The Kier molecular flexibility index (Phi) is 5.75. The van der Waals surface area contributed by atoms with E-state index in [2.05, 4.69) is 32.4 Å². The number of benzene rings is 1. The molecule has 24 heavy (non-hydrogen) atoms. The Balaban J connectivity index is 2.20. The molecule has 0 N–H and O–H groups in total. The molecule has 0 saturated heterocycles. The predicted molar refractivity (Wildman–Crippen MR) is 91.0 cm³/mol. The van der Waals surface area contributed by atoms with Gasteiger partial charge in [0.25, 0.3) is 5.91 Å². The van der Waals surface area contributed by atoms with E-state index in [0.29, 0.717) is 30.5 Å². The molecule has 0 bridgehead atoms. The number of carbonyl (C=O) groups excluding carboxylic acids is 3. The zero-order valence-electron chi connectivity index (χ0n) is 14.8. The molecule has 1 heterocycles. The molecule has 0 saturated carbocycles. The van der Waals surface area contributed by atoms with Gasteiger partial charge in [0.05, 0.1) is 11.1 Å². The van der Waals surface area contributed by atoms with Crippen molar-refractivity contribution in [1.82, 2.24) is 4.90 Å². The largest absolute Gasteiger partial charge is 0.386 e. The Bertz CT molecular complexity index is 637. The second-order valence-corrected chi connectivity index (χ2v) is 7.09. The highest BCUT2D eigenvalue weighted by Crippen LogP contribution is 2.22. The maximum absolute atomic E-state index is 12.8. The number of carbonyl (C=O) groups is 3. The summed E-state index contributed by atoms with van der Waals surface area (Å²) in [6, 6.07) is 4.57. The highest BCUT2D eigenvalue weighted by atomic mass is 16.6. The quantitative estimate of drug-likeness (QED) is 0.566. The number of rotatable bonds is 7. The number of cyclic esters (lactones) is 2. The van der Waals surface area contributed by atoms with Crippen LogP contribution in [0.25, 0.3) is 0 Å². The van der Waals surface area contributed by atoms with Crippen molar-refractivity contribution in [3.8, 4) is 0 Å². The molecule has 5 nitrogen and oxygen atoms in total. The van der Waals surface area contributed by atoms with Crippen molar-refractivity contribution in [1.29, 1.82) is 0 Å². The van der Waals surface area contributed by atoms with E-state index in [9.17, 15) is 14.4 Å². The maximum atomic E-state index is 12.8. The SMILES string of the molecule is CC(C)CCN(CCC(C)C)C(=O)c1ccc2c(c1)C(=O)OC2=O. The molecule has 1 aromatic rings. The van der Waals surface area contributed by atoms with Gasteiger partial charge < -0.3 is 9.64 Å². The van der Waals surface area contributed by atoms with Gasteiger partial charge in [-0.2, -0.15) is 0 Å². The van der Waals surface area contributed by atoms with Gasteiger partial charge in [0.15, 0.2) is 0 Å². The fourth-order valence-electron chi connectivity index (χ4n) is 2.54. The van der Waals surface area contributed by atoms with E-state index in [-0.39, 0.29) is 17.0 Å². The molecule has 1 aliphatic rings. The topological polar surface area (TPSA) is 63.7 Å².